The minimum atomic E-state index is -0.486. The van der Waals surface area contributed by atoms with E-state index in [1.807, 2.05) is 47.8 Å². The first kappa shape index (κ1) is 33.4. The topological polar surface area (TPSA) is 100 Å². The highest BCUT2D eigenvalue weighted by Crippen LogP contribution is 2.33. The van der Waals surface area contributed by atoms with Crippen LogP contribution in [0.25, 0.3) is 17.3 Å². The van der Waals surface area contributed by atoms with E-state index < -0.39 is 17.1 Å². The normalized spacial score (nSPS) is 11.9. The molecule has 0 bridgehead atoms. The first-order chi connectivity index (χ1) is 22.1. The third-order valence-corrected chi connectivity index (χ3v) is 9.33. The number of benzene rings is 4. The molecule has 12 heteroatoms. The van der Waals surface area contributed by atoms with Crippen LogP contribution >= 0.6 is 62.2 Å². The molecule has 7 nitrogen and oxygen atoms in total. The van der Waals surface area contributed by atoms with Crippen LogP contribution in [0.3, 0.4) is 0 Å². The van der Waals surface area contributed by atoms with Crippen LogP contribution in [0.15, 0.2) is 118 Å². The van der Waals surface area contributed by atoms with Gasteiger partial charge in [-0.05, 0) is 85.3 Å². The highest BCUT2D eigenvalue weighted by molar-refractivity contribution is 9.10. The zero-order valence-corrected chi connectivity index (χ0v) is 28.8. The van der Waals surface area contributed by atoms with Gasteiger partial charge in [-0.15, -0.1) is 23.1 Å². The van der Waals surface area contributed by atoms with Crippen LogP contribution in [-0.2, 0) is 9.59 Å². The van der Waals surface area contributed by atoms with Crippen molar-refractivity contribution in [3.8, 4) is 11.3 Å². The van der Waals surface area contributed by atoms with Crippen molar-refractivity contribution in [3.05, 3.63) is 134 Å². The van der Waals surface area contributed by atoms with E-state index in [0.717, 1.165) is 20.5 Å². The molecule has 0 radical (unpaired) electrons. The van der Waals surface area contributed by atoms with Crippen LogP contribution in [0, 0.1) is 0 Å². The predicted octanol–water partition coefficient (Wildman–Crippen LogP) is 9.41. The number of carbonyl (C=O) groups excluding carboxylic acids is 3. The van der Waals surface area contributed by atoms with Gasteiger partial charge < -0.3 is 16.0 Å². The monoisotopic (exact) mass is 750 g/mol. The van der Waals surface area contributed by atoms with Crippen LogP contribution in [0.5, 0.6) is 0 Å². The Balaban J connectivity index is 1.21. The number of rotatable bonds is 10. The van der Waals surface area contributed by atoms with E-state index in [9.17, 15) is 14.4 Å². The lowest BCUT2D eigenvalue weighted by atomic mass is 10.1. The molecule has 5 aromatic rings. The summed E-state index contributed by atoms with van der Waals surface area (Å²) in [7, 11) is 0. The molecule has 1 heterocycles. The lowest BCUT2D eigenvalue weighted by molar-refractivity contribution is -0.115. The van der Waals surface area contributed by atoms with Crippen molar-refractivity contribution in [1.29, 1.82) is 0 Å². The van der Waals surface area contributed by atoms with E-state index in [1.165, 1.54) is 23.1 Å². The molecule has 0 spiro atoms. The third-order valence-electron chi connectivity index (χ3n) is 6.42. The van der Waals surface area contributed by atoms with Crippen LogP contribution in [0.4, 0.5) is 10.8 Å². The molecule has 0 saturated heterocycles. The van der Waals surface area contributed by atoms with Gasteiger partial charge in [-0.1, -0.05) is 69.5 Å². The van der Waals surface area contributed by atoms with Gasteiger partial charge in [-0.3, -0.25) is 14.4 Å². The van der Waals surface area contributed by atoms with E-state index in [1.54, 1.807) is 67.6 Å². The largest absolute Gasteiger partial charge is 0.321 e. The first-order valence-corrected chi connectivity index (χ1v) is 17.1. The van der Waals surface area contributed by atoms with Crippen molar-refractivity contribution >= 4 is 96.8 Å². The molecule has 1 aromatic heterocycles. The van der Waals surface area contributed by atoms with Gasteiger partial charge in [0, 0.05) is 36.6 Å². The van der Waals surface area contributed by atoms with Crippen molar-refractivity contribution in [2.24, 2.45) is 0 Å². The summed E-state index contributed by atoms with van der Waals surface area (Å²) in [5.41, 5.74) is 3.14. The molecular weight excluding hydrogens is 727 g/mol. The molecule has 46 heavy (non-hydrogen) atoms. The summed E-state index contributed by atoms with van der Waals surface area (Å²) < 4.78 is 0.839. The summed E-state index contributed by atoms with van der Waals surface area (Å²) in [5, 5.41) is 11.3. The zero-order chi connectivity index (χ0) is 32.6. The molecule has 0 saturated carbocycles. The Kier molecular flexibility index (Phi) is 11.3. The van der Waals surface area contributed by atoms with Crippen LogP contribution in [0.2, 0.25) is 10.0 Å². The van der Waals surface area contributed by atoms with Gasteiger partial charge >= 0.3 is 0 Å². The van der Waals surface area contributed by atoms with Crippen LogP contribution in [-0.4, -0.2) is 28.0 Å². The number of hydrogen-bond donors (Lipinski definition) is 3. The number of nitrogens with zero attached hydrogens (tertiary/aromatic N) is 1. The predicted molar refractivity (Wildman–Crippen MR) is 193 cm³/mol. The number of amides is 3. The highest BCUT2D eigenvalue weighted by atomic mass is 79.9. The molecule has 0 aliphatic carbocycles. The minimum absolute atomic E-state index is 0.0828. The molecule has 0 aliphatic heterocycles. The van der Waals surface area contributed by atoms with Crippen LogP contribution in [0.1, 0.15) is 22.8 Å². The summed E-state index contributed by atoms with van der Waals surface area (Å²) in [4.78, 5) is 44.5. The Morgan fingerprint density at radius 2 is 1.67 bits per heavy atom. The standard InChI is InChI=1S/C34H25BrCl2N4O3S2/c1-20(31(42)41-34-40-30(19-45-34)27-15-10-24(36)18-28(27)37)46-26-13-11-25(12-14-26)38-33(44)29(17-21-6-5-9-23(35)16-21)39-32(43)22-7-3-2-4-8-22/h2-20H,1H3,(H,38,44)(H,39,43)(H,40,41,42)/b29-17-. The van der Waals surface area contributed by atoms with Gasteiger partial charge in [0.1, 0.15) is 5.70 Å². The van der Waals surface area contributed by atoms with Crippen molar-refractivity contribution < 1.29 is 14.4 Å². The van der Waals surface area contributed by atoms with Crippen molar-refractivity contribution in [2.45, 2.75) is 17.1 Å². The number of halogens is 3. The van der Waals surface area contributed by atoms with Gasteiger partial charge in [0.25, 0.3) is 11.8 Å². The Morgan fingerprint density at radius 3 is 2.39 bits per heavy atom. The molecule has 232 valence electrons. The van der Waals surface area contributed by atoms with E-state index in [-0.39, 0.29) is 11.6 Å². The van der Waals surface area contributed by atoms with E-state index >= 15 is 0 Å². The smallest absolute Gasteiger partial charge is 0.272 e. The van der Waals surface area contributed by atoms with Crippen molar-refractivity contribution in [3.63, 3.8) is 0 Å². The maximum Gasteiger partial charge on any atom is 0.272 e. The molecular formula is C34H25BrCl2N4O3S2. The number of aromatic nitrogens is 1. The van der Waals surface area contributed by atoms with Gasteiger partial charge in [0.2, 0.25) is 5.91 Å². The van der Waals surface area contributed by atoms with Gasteiger partial charge in [-0.25, -0.2) is 4.98 Å². The Hall–Kier alpha value is -3.93. The van der Waals surface area contributed by atoms with Crippen LogP contribution < -0.4 is 16.0 Å². The lowest BCUT2D eigenvalue weighted by Gasteiger charge is -2.13. The fourth-order valence-corrected chi connectivity index (χ4v) is 6.64. The second-order valence-corrected chi connectivity index (χ2v) is 13.9. The summed E-state index contributed by atoms with van der Waals surface area (Å²) in [5.74, 6) is -1.10. The number of thiazole rings is 1. The molecule has 1 unspecified atom stereocenters. The summed E-state index contributed by atoms with van der Waals surface area (Å²) in [6.07, 6.45) is 1.61. The average Bonchev–Trinajstić information content (AvgIpc) is 3.50. The Morgan fingerprint density at radius 1 is 0.913 bits per heavy atom. The number of hydrogen-bond acceptors (Lipinski definition) is 6. The summed E-state index contributed by atoms with van der Waals surface area (Å²) in [6.45, 7) is 1.80. The Bertz CT molecular complexity index is 1920. The molecule has 3 N–H and O–H groups in total. The van der Waals surface area contributed by atoms with E-state index in [0.29, 0.717) is 32.1 Å². The molecule has 5 rings (SSSR count). The number of thioether (sulfide) groups is 1. The summed E-state index contributed by atoms with van der Waals surface area (Å²) >= 11 is 18.4. The first-order valence-electron chi connectivity index (χ1n) is 13.8. The Labute approximate surface area is 292 Å². The maximum absolute atomic E-state index is 13.3. The fourth-order valence-electron chi connectivity index (χ4n) is 4.14. The van der Waals surface area contributed by atoms with Gasteiger partial charge in [0.15, 0.2) is 5.13 Å². The second kappa shape index (κ2) is 15.6. The number of anilines is 2. The quantitative estimate of drug-likeness (QED) is 0.0976. The average molecular weight is 753 g/mol. The summed E-state index contributed by atoms with van der Waals surface area (Å²) in [6, 6.07) is 28.3. The molecule has 0 fully saturated rings. The lowest BCUT2D eigenvalue weighted by Crippen LogP contribution is -2.30. The third kappa shape index (κ3) is 9.08. The van der Waals surface area contributed by atoms with Crippen molar-refractivity contribution in [1.82, 2.24) is 10.3 Å². The number of nitrogens with one attached hydrogen (secondary N) is 3. The maximum atomic E-state index is 13.3. The molecule has 0 aliphatic rings. The molecule has 3 amide bonds. The minimum Gasteiger partial charge on any atom is -0.321 e. The molecule has 4 aromatic carbocycles. The van der Waals surface area contributed by atoms with Gasteiger partial charge in [-0.2, -0.15) is 0 Å². The van der Waals surface area contributed by atoms with E-state index in [4.69, 9.17) is 23.2 Å². The molecule has 1 atom stereocenters. The van der Waals surface area contributed by atoms with E-state index in [2.05, 4.69) is 36.9 Å². The SMILES string of the molecule is CC(Sc1ccc(NC(=O)/C(=C/c2cccc(Br)c2)NC(=O)c2ccccc2)cc1)C(=O)Nc1nc(-c2ccc(Cl)cc2Cl)cs1. The van der Waals surface area contributed by atoms with Crippen molar-refractivity contribution in [2.75, 3.05) is 10.6 Å². The van der Waals surface area contributed by atoms with Gasteiger partial charge in [0.05, 0.1) is 16.0 Å². The number of carbonyl (C=O) groups is 3. The second-order valence-electron chi connectivity index (χ2n) is 9.82. The zero-order valence-electron chi connectivity index (χ0n) is 24.1. The highest BCUT2D eigenvalue weighted by Gasteiger charge is 2.18. The fraction of sp³-hybridized carbons (Fsp3) is 0.0588.